The van der Waals surface area contributed by atoms with Gasteiger partial charge < -0.3 is 10.6 Å². The summed E-state index contributed by atoms with van der Waals surface area (Å²) in [5, 5.41) is 8.99. The average molecular weight is 313 g/mol. The number of nitrogens with zero attached hydrogens (tertiary/aromatic N) is 1. The van der Waals surface area contributed by atoms with Crippen molar-refractivity contribution < 1.29 is 0 Å². The SMILES string of the molecule is CN=C(NCc1sccc1C)NCC1CC1c1ccccc1. The van der Waals surface area contributed by atoms with E-state index in [4.69, 9.17) is 0 Å². The number of aryl methyl sites for hydroxylation is 1. The van der Waals surface area contributed by atoms with Gasteiger partial charge in [0.2, 0.25) is 0 Å². The summed E-state index contributed by atoms with van der Waals surface area (Å²) in [4.78, 5) is 5.69. The molecule has 3 rings (SSSR count). The van der Waals surface area contributed by atoms with Crippen molar-refractivity contribution in [3.05, 3.63) is 57.8 Å². The smallest absolute Gasteiger partial charge is 0.191 e. The third kappa shape index (κ3) is 3.69. The van der Waals surface area contributed by atoms with Gasteiger partial charge in [0.1, 0.15) is 0 Å². The molecule has 1 aliphatic carbocycles. The summed E-state index contributed by atoms with van der Waals surface area (Å²) >= 11 is 1.79. The van der Waals surface area contributed by atoms with Gasteiger partial charge in [-0.25, -0.2) is 0 Å². The lowest BCUT2D eigenvalue weighted by Gasteiger charge is -2.11. The van der Waals surface area contributed by atoms with Crippen LogP contribution in [-0.2, 0) is 6.54 Å². The number of nitrogens with one attached hydrogen (secondary N) is 2. The van der Waals surface area contributed by atoms with Crippen molar-refractivity contribution in [2.45, 2.75) is 25.8 Å². The van der Waals surface area contributed by atoms with Crippen LogP contribution in [0.3, 0.4) is 0 Å². The summed E-state index contributed by atoms with van der Waals surface area (Å²) in [6.45, 7) is 3.98. The maximum absolute atomic E-state index is 4.31. The molecule has 1 aromatic carbocycles. The number of benzene rings is 1. The summed E-state index contributed by atoms with van der Waals surface area (Å²) in [7, 11) is 1.83. The first-order valence-electron chi connectivity index (χ1n) is 7.80. The number of guanidine groups is 1. The quantitative estimate of drug-likeness (QED) is 0.654. The number of aliphatic imine (C=N–C) groups is 1. The Morgan fingerprint density at radius 3 is 2.73 bits per heavy atom. The van der Waals surface area contributed by atoms with Gasteiger partial charge in [-0.2, -0.15) is 0 Å². The van der Waals surface area contributed by atoms with Crippen LogP contribution in [-0.4, -0.2) is 19.6 Å². The van der Waals surface area contributed by atoms with Crippen molar-refractivity contribution in [1.82, 2.24) is 10.6 Å². The van der Waals surface area contributed by atoms with E-state index in [1.54, 1.807) is 11.3 Å². The molecule has 0 aliphatic heterocycles. The van der Waals surface area contributed by atoms with Crippen LogP contribution >= 0.6 is 11.3 Å². The van der Waals surface area contributed by atoms with Crippen LogP contribution in [0.15, 0.2) is 46.8 Å². The second kappa shape index (κ2) is 6.97. The van der Waals surface area contributed by atoms with Crippen LogP contribution in [0.1, 0.15) is 28.3 Å². The van der Waals surface area contributed by atoms with E-state index < -0.39 is 0 Å². The lowest BCUT2D eigenvalue weighted by atomic mass is 10.1. The molecule has 1 aromatic heterocycles. The predicted octanol–water partition coefficient (Wildman–Crippen LogP) is 3.53. The molecule has 1 fully saturated rings. The van der Waals surface area contributed by atoms with Gasteiger partial charge in [0.05, 0.1) is 6.54 Å². The minimum atomic E-state index is 0.714. The first-order valence-corrected chi connectivity index (χ1v) is 8.68. The first kappa shape index (κ1) is 15.1. The number of thiophene rings is 1. The van der Waals surface area contributed by atoms with E-state index in [1.807, 2.05) is 7.05 Å². The molecule has 2 unspecified atom stereocenters. The van der Waals surface area contributed by atoms with Crippen molar-refractivity contribution in [1.29, 1.82) is 0 Å². The Hall–Kier alpha value is -1.81. The fourth-order valence-corrected chi connectivity index (χ4v) is 3.63. The van der Waals surface area contributed by atoms with Gasteiger partial charge in [-0.15, -0.1) is 11.3 Å². The van der Waals surface area contributed by atoms with Crippen molar-refractivity contribution in [2.75, 3.05) is 13.6 Å². The summed E-state index contributed by atoms with van der Waals surface area (Å²) in [5.41, 5.74) is 2.81. The highest BCUT2D eigenvalue weighted by Crippen LogP contribution is 2.46. The van der Waals surface area contributed by atoms with Gasteiger partial charge in [-0.05, 0) is 47.8 Å². The molecule has 1 saturated carbocycles. The van der Waals surface area contributed by atoms with E-state index in [1.165, 1.54) is 22.4 Å². The van der Waals surface area contributed by atoms with Gasteiger partial charge in [0.25, 0.3) is 0 Å². The van der Waals surface area contributed by atoms with E-state index in [-0.39, 0.29) is 0 Å². The lowest BCUT2D eigenvalue weighted by molar-refractivity contribution is 0.720. The number of rotatable bonds is 5. The standard InChI is InChI=1S/C18H23N3S/c1-13-8-9-22-17(13)12-21-18(19-2)20-11-15-10-16(15)14-6-4-3-5-7-14/h3-9,15-16H,10-12H2,1-2H3,(H2,19,20,21). The molecule has 0 saturated heterocycles. The molecule has 1 aliphatic rings. The van der Waals surface area contributed by atoms with Crippen LogP contribution in [0.5, 0.6) is 0 Å². The number of hydrogen-bond acceptors (Lipinski definition) is 2. The van der Waals surface area contributed by atoms with Crippen LogP contribution < -0.4 is 10.6 Å². The summed E-state index contributed by atoms with van der Waals surface area (Å²) in [6.07, 6.45) is 1.28. The summed E-state index contributed by atoms with van der Waals surface area (Å²) in [5.74, 6) is 2.34. The number of hydrogen-bond donors (Lipinski definition) is 2. The van der Waals surface area contributed by atoms with Crippen molar-refractivity contribution in [3.63, 3.8) is 0 Å². The van der Waals surface area contributed by atoms with E-state index in [2.05, 4.69) is 64.3 Å². The third-order valence-electron chi connectivity index (χ3n) is 4.29. The Morgan fingerprint density at radius 1 is 1.23 bits per heavy atom. The molecule has 22 heavy (non-hydrogen) atoms. The molecule has 2 N–H and O–H groups in total. The normalized spacial score (nSPS) is 20.7. The van der Waals surface area contributed by atoms with Crippen molar-refractivity contribution in [3.8, 4) is 0 Å². The van der Waals surface area contributed by atoms with Crippen molar-refractivity contribution >= 4 is 17.3 Å². The third-order valence-corrected chi connectivity index (χ3v) is 5.31. The molecule has 0 spiro atoms. The van der Waals surface area contributed by atoms with E-state index in [0.717, 1.165) is 25.0 Å². The molecule has 2 aromatic rings. The van der Waals surface area contributed by atoms with Crippen LogP contribution in [0.25, 0.3) is 0 Å². The van der Waals surface area contributed by atoms with Crippen LogP contribution in [0.4, 0.5) is 0 Å². The molecule has 3 nitrogen and oxygen atoms in total. The fourth-order valence-electron chi connectivity index (χ4n) is 2.78. The predicted molar refractivity (Wildman–Crippen MR) is 94.5 cm³/mol. The molecular formula is C18H23N3S. The summed E-state index contributed by atoms with van der Waals surface area (Å²) < 4.78 is 0. The Balaban J connectivity index is 1.44. The first-order chi connectivity index (χ1) is 10.8. The Bertz CT molecular complexity index is 633. The Labute approximate surface area is 136 Å². The van der Waals surface area contributed by atoms with E-state index >= 15 is 0 Å². The van der Waals surface area contributed by atoms with Crippen LogP contribution in [0, 0.1) is 12.8 Å². The zero-order valence-corrected chi connectivity index (χ0v) is 14.0. The highest BCUT2D eigenvalue weighted by Gasteiger charge is 2.37. The largest absolute Gasteiger partial charge is 0.356 e. The lowest BCUT2D eigenvalue weighted by Crippen LogP contribution is -2.37. The van der Waals surface area contributed by atoms with Gasteiger partial charge in [0.15, 0.2) is 5.96 Å². The van der Waals surface area contributed by atoms with E-state index in [0.29, 0.717) is 5.92 Å². The Kier molecular flexibility index (Phi) is 4.78. The van der Waals surface area contributed by atoms with Gasteiger partial charge >= 0.3 is 0 Å². The van der Waals surface area contributed by atoms with Crippen molar-refractivity contribution in [2.24, 2.45) is 10.9 Å². The van der Waals surface area contributed by atoms with Crippen LogP contribution in [0.2, 0.25) is 0 Å². The molecule has 0 bridgehead atoms. The molecule has 0 radical (unpaired) electrons. The average Bonchev–Trinajstić information content (AvgIpc) is 3.22. The fraction of sp³-hybridized carbons (Fsp3) is 0.389. The minimum Gasteiger partial charge on any atom is -0.356 e. The zero-order chi connectivity index (χ0) is 15.4. The maximum atomic E-state index is 4.31. The topological polar surface area (TPSA) is 36.4 Å². The second-order valence-corrected chi connectivity index (χ2v) is 6.85. The molecule has 116 valence electrons. The molecule has 4 heteroatoms. The molecule has 2 atom stereocenters. The highest BCUT2D eigenvalue weighted by atomic mass is 32.1. The zero-order valence-electron chi connectivity index (χ0n) is 13.2. The van der Waals surface area contributed by atoms with Gasteiger partial charge in [0, 0.05) is 18.5 Å². The van der Waals surface area contributed by atoms with E-state index in [9.17, 15) is 0 Å². The van der Waals surface area contributed by atoms with Gasteiger partial charge in [-0.1, -0.05) is 30.3 Å². The monoisotopic (exact) mass is 313 g/mol. The van der Waals surface area contributed by atoms with Gasteiger partial charge in [-0.3, -0.25) is 4.99 Å². The Morgan fingerprint density at radius 2 is 2.05 bits per heavy atom. The maximum Gasteiger partial charge on any atom is 0.191 e. The molecule has 0 amide bonds. The second-order valence-electron chi connectivity index (χ2n) is 5.85. The highest BCUT2D eigenvalue weighted by molar-refractivity contribution is 7.10. The molecule has 1 heterocycles. The minimum absolute atomic E-state index is 0.714. The summed E-state index contributed by atoms with van der Waals surface area (Å²) in [6, 6.07) is 13.0. The molecular weight excluding hydrogens is 290 g/mol.